The van der Waals surface area contributed by atoms with Crippen LogP contribution in [0.2, 0.25) is 0 Å². The number of aliphatic carboxylic acids is 1. The molecule has 1 atom stereocenters. The van der Waals surface area contributed by atoms with Gasteiger partial charge in [-0.1, -0.05) is 30.3 Å². The molecule has 6 heteroatoms. The van der Waals surface area contributed by atoms with Gasteiger partial charge in [-0.15, -0.1) is 0 Å². The maximum absolute atomic E-state index is 11.8. The lowest BCUT2D eigenvalue weighted by atomic mass is 10.2. The second kappa shape index (κ2) is 6.03. The van der Waals surface area contributed by atoms with Gasteiger partial charge in [0.05, 0.1) is 0 Å². The van der Waals surface area contributed by atoms with Gasteiger partial charge >= 0.3 is 5.97 Å². The first kappa shape index (κ1) is 13.8. The molecule has 1 aromatic heterocycles. The Balaban J connectivity index is 2.02. The van der Waals surface area contributed by atoms with E-state index >= 15 is 0 Å². The van der Waals surface area contributed by atoms with Crippen molar-refractivity contribution < 1.29 is 19.1 Å². The van der Waals surface area contributed by atoms with E-state index in [0.29, 0.717) is 5.76 Å². The number of nitrogens with two attached hydrogens (primary N) is 1. The van der Waals surface area contributed by atoms with Gasteiger partial charge in [-0.2, -0.15) is 0 Å². The Kier molecular flexibility index (Phi) is 4.17. The predicted octanol–water partition coefficient (Wildman–Crippen LogP) is 1.09. The molecule has 0 saturated carbocycles. The summed E-state index contributed by atoms with van der Waals surface area (Å²) >= 11 is 0. The lowest BCUT2D eigenvalue weighted by molar-refractivity contribution is -0.138. The fraction of sp³-hybridized carbons (Fsp3) is 0.143. The molecule has 1 heterocycles. The lowest BCUT2D eigenvalue weighted by Crippen LogP contribution is -2.42. The fourth-order valence-electron chi connectivity index (χ4n) is 1.59. The molecular weight excluding hydrogens is 260 g/mol. The molecule has 0 aliphatic carbocycles. The Labute approximate surface area is 115 Å². The standard InChI is InChI=1S/C14H14N2O4/c15-10(14(18)19)8-16-13(17)12-7-6-11(20-12)9-4-2-1-3-5-9/h1-7,10H,8,15H2,(H,16,17)(H,18,19)/t10-/m1/s1. The Morgan fingerprint density at radius 1 is 1.20 bits per heavy atom. The third-order valence-corrected chi connectivity index (χ3v) is 2.69. The molecular formula is C14H14N2O4. The Morgan fingerprint density at radius 3 is 2.55 bits per heavy atom. The molecule has 104 valence electrons. The van der Waals surface area contributed by atoms with E-state index in [1.165, 1.54) is 6.07 Å². The van der Waals surface area contributed by atoms with E-state index in [2.05, 4.69) is 5.32 Å². The summed E-state index contributed by atoms with van der Waals surface area (Å²) in [6, 6.07) is 11.4. The number of furan rings is 1. The van der Waals surface area contributed by atoms with Crippen LogP contribution in [0.25, 0.3) is 11.3 Å². The second-order valence-electron chi connectivity index (χ2n) is 4.18. The predicted molar refractivity (Wildman–Crippen MR) is 72.1 cm³/mol. The van der Waals surface area contributed by atoms with Crippen molar-refractivity contribution >= 4 is 11.9 Å². The molecule has 4 N–H and O–H groups in total. The van der Waals surface area contributed by atoms with Crippen molar-refractivity contribution in [1.29, 1.82) is 0 Å². The summed E-state index contributed by atoms with van der Waals surface area (Å²) in [5.41, 5.74) is 6.15. The van der Waals surface area contributed by atoms with Crippen molar-refractivity contribution in [1.82, 2.24) is 5.32 Å². The highest BCUT2D eigenvalue weighted by atomic mass is 16.4. The maximum Gasteiger partial charge on any atom is 0.322 e. The van der Waals surface area contributed by atoms with Crippen LogP contribution in [0.15, 0.2) is 46.9 Å². The van der Waals surface area contributed by atoms with Crippen molar-refractivity contribution in [2.45, 2.75) is 6.04 Å². The van der Waals surface area contributed by atoms with Crippen LogP contribution in [0.1, 0.15) is 10.6 Å². The zero-order chi connectivity index (χ0) is 14.5. The van der Waals surface area contributed by atoms with Gasteiger partial charge in [0.15, 0.2) is 5.76 Å². The summed E-state index contributed by atoms with van der Waals surface area (Å²) in [5, 5.41) is 11.0. The van der Waals surface area contributed by atoms with Crippen molar-refractivity contribution in [3.05, 3.63) is 48.2 Å². The summed E-state index contributed by atoms with van der Waals surface area (Å²) in [7, 11) is 0. The van der Waals surface area contributed by atoms with Gasteiger partial charge in [0.2, 0.25) is 0 Å². The molecule has 1 aromatic carbocycles. The van der Waals surface area contributed by atoms with E-state index in [4.69, 9.17) is 15.3 Å². The van der Waals surface area contributed by atoms with Gasteiger partial charge in [-0.25, -0.2) is 0 Å². The Bertz CT molecular complexity index is 607. The number of carbonyl (C=O) groups is 2. The van der Waals surface area contributed by atoms with Gasteiger partial charge in [-0.05, 0) is 12.1 Å². The number of carboxylic acids is 1. The minimum Gasteiger partial charge on any atom is -0.480 e. The number of amides is 1. The Morgan fingerprint density at radius 2 is 1.90 bits per heavy atom. The molecule has 0 bridgehead atoms. The van der Waals surface area contributed by atoms with E-state index in [0.717, 1.165) is 5.56 Å². The summed E-state index contributed by atoms with van der Waals surface area (Å²) < 4.78 is 5.42. The summed E-state index contributed by atoms with van der Waals surface area (Å²) in [6.07, 6.45) is 0. The van der Waals surface area contributed by atoms with Crippen molar-refractivity contribution in [2.75, 3.05) is 6.54 Å². The van der Waals surface area contributed by atoms with Gasteiger partial charge in [0, 0.05) is 12.1 Å². The summed E-state index contributed by atoms with van der Waals surface area (Å²) in [5.74, 6) is -0.988. The first-order chi connectivity index (χ1) is 9.58. The highest BCUT2D eigenvalue weighted by molar-refractivity contribution is 5.92. The van der Waals surface area contributed by atoms with Crippen molar-refractivity contribution in [3.8, 4) is 11.3 Å². The monoisotopic (exact) mass is 274 g/mol. The molecule has 1 amide bonds. The Hall–Kier alpha value is -2.60. The van der Waals surface area contributed by atoms with E-state index in [1.54, 1.807) is 6.07 Å². The highest BCUT2D eigenvalue weighted by Crippen LogP contribution is 2.21. The average Bonchev–Trinajstić information content (AvgIpc) is 2.95. The van der Waals surface area contributed by atoms with Crippen LogP contribution in [0.5, 0.6) is 0 Å². The maximum atomic E-state index is 11.8. The smallest absolute Gasteiger partial charge is 0.322 e. The molecule has 0 radical (unpaired) electrons. The van der Waals surface area contributed by atoms with E-state index in [9.17, 15) is 9.59 Å². The van der Waals surface area contributed by atoms with Crippen molar-refractivity contribution in [3.63, 3.8) is 0 Å². The lowest BCUT2D eigenvalue weighted by Gasteiger charge is -2.06. The zero-order valence-electron chi connectivity index (χ0n) is 10.6. The van der Waals surface area contributed by atoms with Crippen LogP contribution in [0.3, 0.4) is 0 Å². The zero-order valence-corrected chi connectivity index (χ0v) is 10.6. The molecule has 0 saturated heterocycles. The molecule has 0 aliphatic rings. The molecule has 0 spiro atoms. The van der Waals surface area contributed by atoms with Gasteiger partial charge in [-0.3, -0.25) is 9.59 Å². The van der Waals surface area contributed by atoms with Crippen LogP contribution >= 0.6 is 0 Å². The number of carboxylic acid groups (broad SMARTS) is 1. The molecule has 20 heavy (non-hydrogen) atoms. The molecule has 0 aliphatic heterocycles. The summed E-state index contributed by atoms with van der Waals surface area (Å²) in [4.78, 5) is 22.3. The number of hydrogen-bond acceptors (Lipinski definition) is 4. The van der Waals surface area contributed by atoms with Crippen LogP contribution in [-0.4, -0.2) is 29.6 Å². The topological polar surface area (TPSA) is 106 Å². The summed E-state index contributed by atoms with van der Waals surface area (Å²) in [6.45, 7) is -0.157. The van der Waals surface area contributed by atoms with Crippen LogP contribution < -0.4 is 11.1 Å². The first-order valence-electron chi connectivity index (χ1n) is 6.00. The van der Waals surface area contributed by atoms with E-state index in [1.807, 2.05) is 30.3 Å². The van der Waals surface area contributed by atoms with Crippen LogP contribution in [-0.2, 0) is 4.79 Å². The SMILES string of the molecule is N[C@H](CNC(=O)c1ccc(-c2ccccc2)o1)C(=O)O. The van der Waals surface area contributed by atoms with Gasteiger partial charge < -0.3 is 20.6 Å². The molecule has 6 nitrogen and oxygen atoms in total. The number of hydrogen-bond donors (Lipinski definition) is 3. The minimum atomic E-state index is -1.17. The molecule has 0 fully saturated rings. The fourth-order valence-corrected chi connectivity index (χ4v) is 1.59. The number of nitrogens with one attached hydrogen (secondary N) is 1. The second-order valence-corrected chi connectivity index (χ2v) is 4.18. The highest BCUT2D eigenvalue weighted by Gasteiger charge is 2.16. The number of rotatable bonds is 5. The van der Waals surface area contributed by atoms with E-state index in [-0.39, 0.29) is 12.3 Å². The van der Waals surface area contributed by atoms with Crippen LogP contribution in [0, 0.1) is 0 Å². The number of benzene rings is 1. The normalized spacial score (nSPS) is 11.8. The minimum absolute atomic E-state index is 0.112. The van der Waals surface area contributed by atoms with Gasteiger partial charge in [0.25, 0.3) is 5.91 Å². The third kappa shape index (κ3) is 3.24. The average molecular weight is 274 g/mol. The molecule has 2 rings (SSSR count). The van der Waals surface area contributed by atoms with Crippen LogP contribution in [0.4, 0.5) is 0 Å². The quantitative estimate of drug-likeness (QED) is 0.756. The molecule has 0 unspecified atom stereocenters. The largest absolute Gasteiger partial charge is 0.480 e. The van der Waals surface area contributed by atoms with E-state index < -0.39 is 17.9 Å². The number of carbonyl (C=O) groups excluding carboxylic acids is 1. The van der Waals surface area contributed by atoms with Crippen molar-refractivity contribution in [2.24, 2.45) is 5.73 Å². The third-order valence-electron chi connectivity index (χ3n) is 2.69. The van der Waals surface area contributed by atoms with Gasteiger partial charge in [0.1, 0.15) is 11.8 Å². The first-order valence-corrected chi connectivity index (χ1v) is 6.00. The molecule has 2 aromatic rings.